The zero-order valence-electron chi connectivity index (χ0n) is 11.0. The first-order chi connectivity index (χ1) is 9.34. The molecule has 1 aromatic carbocycles. The summed E-state index contributed by atoms with van der Waals surface area (Å²) in [5.41, 5.74) is 2.46. The van der Waals surface area contributed by atoms with Gasteiger partial charge in [-0.15, -0.1) is 0 Å². The molecule has 2 aromatic rings. The van der Waals surface area contributed by atoms with Gasteiger partial charge in [-0.25, -0.2) is 0 Å². The van der Waals surface area contributed by atoms with E-state index in [1.54, 1.807) is 0 Å². The van der Waals surface area contributed by atoms with E-state index in [4.69, 9.17) is 16.3 Å². The Hall–Kier alpha value is -1.03. The molecule has 3 rings (SSSR count). The third kappa shape index (κ3) is 2.94. The normalized spacial score (nSPS) is 17.1. The van der Waals surface area contributed by atoms with E-state index in [1.807, 2.05) is 12.1 Å². The van der Waals surface area contributed by atoms with E-state index in [9.17, 15) is 0 Å². The molecule has 0 radical (unpaired) electrons. The van der Waals surface area contributed by atoms with E-state index < -0.39 is 0 Å². The number of aryl methyl sites for hydroxylation is 1. The molecule has 2 heterocycles. The number of nitrogens with one attached hydrogen (secondary N) is 1. The highest BCUT2D eigenvalue weighted by atomic mass is 35.5. The monoisotopic (exact) mass is 278 g/mol. The van der Waals surface area contributed by atoms with Crippen LogP contribution < -0.4 is 0 Å². The highest BCUT2D eigenvalue weighted by Crippen LogP contribution is 2.27. The summed E-state index contributed by atoms with van der Waals surface area (Å²) in [4.78, 5) is 5.77. The highest BCUT2D eigenvalue weighted by molar-refractivity contribution is 6.35. The molecule has 1 fully saturated rings. The lowest BCUT2D eigenvalue weighted by Gasteiger charge is -2.26. The number of H-pyrrole nitrogens is 1. The Balaban J connectivity index is 1.62. The number of halogens is 1. The molecule has 0 unspecified atom stereocenters. The molecule has 0 spiro atoms. The Kier molecular flexibility index (Phi) is 4.06. The third-order valence-electron chi connectivity index (χ3n) is 3.76. The van der Waals surface area contributed by atoms with Crippen LogP contribution >= 0.6 is 11.6 Å². The average molecular weight is 279 g/mol. The topological polar surface area (TPSA) is 28.3 Å². The summed E-state index contributed by atoms with van der Waals surface area (Å²) in [6.45, 7) is 5.02. The quantitative estimate of drug-likeness (QED) is 0.931. The van der Waals surface area contributed by atoms with E-state index in [0.717, 1.165) is 56.2 Å². The Morgan fingerprint density at radius 3 is 2.95 bits per heavy atom. The van der Waals surface area contributed by atoms with Gasteiger partial charge in [0.05, 0.1) is 18.2 Å². The molecule has 1 N–H and O–H groups in total. The molecule has 0 saturated carbocycles. The molecular weight excluding hydrogens is 260 g/mol. The van der Waals surface area contributed by atoms with E-state index >= 15 is 0 Å². The van der Waals surface area contributed by atoms with Gasteiger partial charge in [-0.3, -0.25) is 4.90 Å². The lowest BCUT2D eigenvalue weighted by Crippen LogP contribution is -2.36. The van der Waals surface area contributed by atoms with Crippen molar-refractivity contribution in [2.24, 2.45) is 0 Å². The van der Waals surface area contributed by atoms with Crippen LogP contribution in [0.25, 0.3) is 10.9 Å². The number of benzene rings is 1. The zero-order valence-corrected chi connectivity index (χ0v) is 11.7. The van der Waals surface area contributed by atoms with Gasteiger partial charge in [-0.05, 0) is 37.1 Å². The van der Waals surface area contributed by atoms with Crippen molar-refractivity contribution in [1.82, 2.24) is 9.88 Å². The summed E-state index contributed by atoms with van der Waals surface area (Å²) >= 11 is 6.28. The highest BCUT2D eigenvalue weighted by Gasteiger charge is 2.11. The van der Waals surface area contributed by atoms with Gasteiger partial charge in [-0.2, -0.15) is 0 Å². The van der Waals surface area contributed by atoms with Crippen LogP contribution in [0.15, 0.2) is 24.4 Å². The van der Waals surface area contributed by atoms with Crippen molar-refractivity contribution in [3.63, 3.8) is 0 Å². The predicted molar refractivity (Wildman–Crippen MR) is 78.9 cm³/mol. The second-order valence-corrected chi connectivity index (χ2v) is 5.44. The van der Waals surface area contributed by atoms with Crippen molar-refractivity contribution in [2.75, 3.05) is 32.8 Å². The van der Waals surface area contributed by atoms with Gasteiger partial charge < -0.3 is 9.72 Å². The molecule has 0 aliphatic carbocycles. The molecule has 0 atom stereocenters. The number of aromatic nitrogens is 1. The molecule has 0 amide bonds. The van der Waals surface area contributed by atoms with Crippen molar-refractivity contribution in [1.29, 1.82) is 0 Å². The fourth-order valence-electron chi connectivity index (χ4n) is 2.72. The Morgan fingerprint density at radius 1 is 1.26 bits per heavy atom. The van der Waals surface area contributed by atoms with Crippen LogP contribution in [0.3, 0.4) is 0 Å². The number of ether oxygens (including phenoxy) is 1. The van der Waals surface area contributed by atoms with Crippen LogP contribution in [0.4, 0.5) is 0 Å². The van der Waals surface area contributed by atoms with Gasteiger partial charge in [0, 0.05) is 30.2 Å². The fourth-order valence-corrected chi connectivity index (χ4v) is 3.02. The maximum Gasteiger partial charge on any atom is 0.0594 e. The van der Waals surface area contributed by atoms with E-state index in [0.29, 0.717) is 0 Å². The number of hydrogen-bond donors (Lipinski definition) is 1. The van der Waals surface area contributed by atoms with Crippen molar-refractivity contribution in [2.45, 2.75) is 12.8 Å². The zero-order chi connectivity index (χ0) is 13.1. The van der Waals surface area contributed by atoms with Crippen LogP contribution in [0.2, 0.25) is 5.02 Å². The molecule has 1 aromatic heterocycles. The molecule has 3 nitrogen and oxygen atoms in total. The summed E-state index contributed by atoms with van der Waals surface area (Å²) in [6.07, 6.45) is 4.33. The van der Waals surface area contributed by atoms with Crippen molar-refractivity contribution < 1.29 is 4.74 Å². The minimum absolute atomic E-state index is 0.847. The van der Waals surface area contributed by atoms with Crippen LogP contribution in [-0.2, 0) is 11.2 Å². The van der Waals surface area contributed by atoms with Crippen LogP contribution in [0.5, 0.6) is 0 Å². The van der Waals surface area contributed by atoms with Gasteiger partial charge in [-0.1, -0.05) is 17.7 Å². The smallest absolute Gasteiger partial charge is 0.0594 e. The summed E-state index contributed by atoms with van der Waals surface area (Å²) in [6, 6.07) is 6.02. The van der Waals surface area contributed by atoms with Crippen molar-refractivity contribution in [3.8, 4) is 0 Å². The maximum atomic E-state index is 6.28. The lowest BCUT2D eigenvalue weighted by atomic mass is 10.1. The molecule has 1 aliphatic rings. The second kappa shape index (κ2) is 5.95. The first-order valence-corrected chi connectivity index (χ1v) is 7.27. The summed E-state index contributed by atoms with van der Waals surface area (Å²) in [5, 5.41) is 2.03. The van der Waals surface area contributed by atoms with Crippen LogP contribution in [-0.4, -0.2) is 42.7 Å². The maximum absolute atomic E-state index is 6.28. The average Bonchev–Trinajstić information content (AvgIpc) is 2.85. The van der Waals surface area contributed by atoms with Gasteiger partial charge in [0.25, 0.3) is 0 Å². The molecule has 1 saturated heterocycles. The largest absolute Gasteiger partial charge is 0.379 e. The molecule has 102 valence electrons. The number of aromatic amines is 1. The molecule has 4 heteroatoms. The predicted octanol–water partition coefficient (Wildman–Crippen LogP) is 3.09. The van der Waals surface area contributed by atoms with Crippen molar-refractivity contribution in [3.05, 3.63) is 35.0 Å². The standard InChI is InChI=1S/C15H19ClN2O/c16-13-4-1-5-14-15(13)12(11-17-14)3-2-6-18-7-9-19-10-8-18/h1,4-5,11,17H,2-3,6-10H2. The summed E-state index contributed by atoms with van der Waals surface area (Å²) < 4.78 is 5.36. The SMILES string of the molecule is Clc1cccc2[nH]cc(CCCN3CCOCC3)c12. The first kappa shape index (κ1) is 13.0. The Labute approximate surface area is 118 Å². The minimum atomic E-state index is 0.847. The van der Waals surface area contributed by atoms with Crippen LogP contribution in [0.1, 0.15) is 12.0 Å². The number of nitrogens with zero attached hydrogens (tertiary/aromatic N) is 1. The van der Waals surface area contributed by atoms with E-state index in [-0.39, 0.29) is 0 Å². The lowest BCUT2D eigenvalue weighted by molar-refractivity contribution is 0.0375. The fraction of sp³-hybridized carbons (Fsp3) is 0.467. The third-order valence-corrected chi connectivity index (χ3v) is 4.08. The van der Waals surface area contributed by atoms with Gasteiger partial charge in [0.1, 0.15) is 0 Å². The van der Waals surface area contributed by atoms with Gasteiger partial charge >= 0.3 is 0 Å². The van der Waals surface area contributed by atoms with Crippen molar-refractivity contribution >= 4 is 22.5 Å². The van der Waals surface area contributed by atoms with Gasteiger partial charge in [0.2, 0.25) is 0 Å². The first-order valence-electron chi connectivity index (χ1n) is 6.89. The molecular formula is C15H19ClN2O. The van der Waals surface area contributed by atoms with Crippen LogP contribution in [0, 0.1) is 0 Å². The number of rotatable bonds is 4. The number of fused-ring (bicyclic) bond motifs is 1. The summed E-state index contributed by atoms with van der Waals surface area (Å²) in [5.74, 6) is 0. The van der Waals surface area contributed by atoms with Gasteiger partial charge in [0.15, 0.2) is 0 Å². The van der Waals surface area contributed by atoms with E-state index in [1.165, 1.54) is 10.9 Å². The number of morpholine rings is 1. The molecule has 0 bridgehead atoms. The summed E-state index contributed by atoms with van der Waals surface area (Å²) in [7, 11) is 0. The number of hydrogen-bond acceptors (Lipinski definition) is 2. The molecule has 19 heavy (non-hydrogen) atoms. The van der Waals surface area contributed by atoms with E-state index in [2.05, 4.69) is 22.1 Å². The second-order valence-electron chi connectivity index (χ2n) is 5.03. The molecule has 1 aliphatic heterocycles. The Morgan fingerprint density at radius 2 is 2.11 bits per heavy atom. The minimum Gasteiger partial charge on any atom is -0.379 e. The Bertz CT molecular complexity index is 546.